The van der Waals surface area contributed by atoms with Crippen molar-refractivity contribution in [1.82, 2.24) is 0 Å². The van der Waals surface area contributed by atoms with E-state index >= 15 is 0 Å². The molecule has 3 N–H and O–H groups in total. The summed E-state index contributed by atoms with van der Waals surface area (Å²) in [6.45, 7) is 1.98. The molecule has 0 saturated carbocycles. The number of hydrogen-bond acceptors (Lipinski definition) is 4. The minimum Gasteiger partial charge on any atom is -0.484 e. The zero-order valence-corrected chi connectivity index (χ0v) is 13.3. The van der Waals surface area contributed by atoms with Gasteiger partial charge in [0.2, 0.25) is 0 Å². The summed E-state index contributed by atoms with van der Waals surface area (Å²) in [5.74, 6) is 0.130. The quantitative estimate of drug-likeness (QED) is 0.833. The molecule has 20 heavy (non-hydrogen) atoms. The van der Waals surface area contributed by atoms with Gasteiger partial charge in [-0.3, -0.25) is 4.79 Å². The van der Waals surface area contributed by atoms with Gasteiger partial charge in [-0.2, -0.15) is 0 Å². The number of rotatable bonds is 6. The van der Waals surface area contributed by atoms with Gasteiger partial charge in [-0.15, -0.1) is 11.3 Å². The molecular formula is C14H15BrN2O2S. The number of halogens is 1. The number of benzene rings is 1. The maximum Gasteiger partial charge on any atom is 0.255 e. The zero-order valence-electron chi connectivity index (χ0n) is 10.9. The summed E-state index contributed by atoms with van der Waals surface area (Å²) in [5, 5.41) is 5.44. The average molecular weight is 355 g/mol. The number of ether oxygens (including phenoxy) is 1. The number of carbonyl (C=O) groups excluding carboxylic acids is 1. The lowest BCUT2D eigenvalue weighted by Crippen LogP contribution is -2.20. The van der Waals surface area contributed by atoms with Crippen LogP contribution < -0.4 is 15.8 Å². The van der Waals surface area contributed by atoms with Gasteiger partial charge in [0.1, 0.15) is 5.75 Å². The van der Waals surface area contributed by atoms with E-state index in [-0.39, 0.29) is 12.6 Å². The average Bonchev–Trinajstić information content (AvgIpc) is 2.83. The highest BCUT2D eigenvalue weighted by molar-refractivity contribution is 9.10. The first-order valence-electron chi connectivity index (χ1n) is 6.07. The van der Waals surface area contributed by atoms with Crippen LogP contribution in [-0.2, 0) is 4.79 Å². The third-order valence-corrected chi connectivity index (χ3v) is 4.69. The van der Waals surface area contributed by atoms with Gasteiger partial charge < -0.3 is 15.8 Å². The summed E-state index contributed by atoms with van der Waals surface area (Å²) >= 11 is 5.22. The fourth-order valence-corrected chi connectivity index (χ4v) is 3.49. The fraction of sp³-hybridized carbons (Fsp3) is 0.214. The van der Waals surface area contributed by atoms with Crippen molar-refractivity contribution in [3.63, 3.8) is 0 Å². The van der Waals surface area contributed by atoms with E-state index in [4.69, 9.17) is 10.5 Å². The second-order valence-electron chi connectivity index (χ2n) is 4.28. The number of nitrogens with one attached hydrogen (secondary N) is 1. The Morgan fingerprint density at radius 1 is 1.50 bits per heavy atom. The molecule has 1 atom stereocenters. The Bertz CT molecular complexity index is 600. The van der Waals surface area contributed by atoms with E-state index < -0.39 is 5.91 Å². The molecule has 0 aliphatic carbocycles. The van der Waals surface area contributed by atoms with Crippen molar-refractivity contribution in [2.45, 2.75) is 13.0 Å². The van der Waals surface area contributed by atoms with Crippen LogP contribution in [0.1, 0.15) is 17.8 Å². The topological polar surface area (TPSA) is 64.3 Å². The highest BCUT2D eigenvalue weighted by atomic mass is 79.9. The summed E-state index contributed by atoms with van der Waals surface area (Å²) in [4.78, 5) is 11.9. The van der Waals surface area contributed by atoms with Gasteiger partial charge in [-0.1, -0.05) is 6.07 Å². The molecule has 2 aromatic rings. The van der Waals surface area contributed by atoms with E-state index in [1.54, 1.807) is 17.4 Å². The van der Waals surface area contributed by atoms with Crippen molar-refractivity contribution in [3.05, 3.63) is 45.1 Å². The van der Waals surface area contributed by atoms with Crippen LogP contribution in [0.4, 0.5) is 5.69 Å². The Kier molecular flexibility index (Phi) is 5.03. The van der Waals surface area contributed by atoms with Gasteiger partial charge in [-0.25, -0.2) is 0 Å². The van der Waals surface area contributed by atoms with Gasteiger partial charge in [0.25, 0.3) is 5.91 Å². The summed E-state index contributed by atoms with van der Waals surface area (Å²) in [7, 11) is 0. The normalized spacial score (nSPS) is 11.9. The Morgan fingerprint density at radius 3 is 2.95 bits per heavy atom. The number of primary amides is 1. The van der Waals surface area contributed by atoms with Crippen molar-refractivity contribution >= 4 is 38.9 Å². The van der Waals surface area contributed by atoms with Crippen LogP contribution in [0.25, 0.3) is 0 Å². The van der Waals surface area contributed by atoms with Crippen LogP contribution >= 0.6 is 27.3 Å². The zero-order chi connectivity index (χ0) is 14.5. The fourth-order valence-electron chi connectivity index (χ4n) is 1.76. The maximum atomic E-state index is 10.7. The molecule has 0 radical (unpaired) electrons. The van der Waals surface area contributed by atoms with Crippen molar-refractivity contribution in [2.24, 2.45) is 5.73 Å². The molecule has 1 aromatic heterocycles. The predicted molar refractivity (Wildman–Crippen MR) is 85.2 cm³/mol. The lowest BCUT2D eigenvalue weighted by atomic mass is 10.2. The van der Waals surface area contributed by atoms with Gasteiger partial charge in [-0.05, 0) is 46.4 Å². The standard InChI is InChI=1S/C14H15BrN2O2S/c1-9(14-12(15)5-6-20-14)17-10-3-2-4-11(7-10)19-8-13(16)18/h2-7,9,17H,8H2,1H3,(H2,16,18). The predicted octanol–water partition coefficient (Wildman–Crippen LogP) is 3.55. The van der Waals surface area contributed by atoms with Gasteiger partial charge >= 0.3 is 0 Å². The first-order valence-corrected chi connectivity index (χ1v) is 7.74. The molecule has 0 aliphatic heterocycles. The maximum absolute atomic E-state index is 10.7. The van der Waals surface area contributed by atoms with Crippen LogP contribution in [-0.4, -0.2) is 12.5 Å². The molecule has 2 rings (SSSR count). The number of anilines is 1. The van der Waals surface area contributed by atoms with Crippen LogP contribution in [0.15, 0.2) is 40.2 Å². The molecular weight excluding hydrogens is 340 g/mol. The Hall–Kier alpha value is -1.53. The van der Waals surface area contributed by atoms with Gasteiger partial charge in [0.05, 0.1) is 6.04 Å². The number of nitrogens with two attached hydrogens (primary N) is 1. The molecule has 106 valence electrons. The minimum atomic E-state index is -0.487. The Morgan fingerprint density at radius 2 is 2.30 bits per heavy atom. The van der Waals surface area contributed by atoms with Crippen molar-refractivity contribution in [3.8, 4) is 5.75 Å². The largest absolute Gasteiger partial charge is 0.484 e. The van der Waals surface area contributed by atoms with Crippen LogP contribution in [0.2, 0.25) is 0 Å². The van der Waals surface area contributed by atoms with Crippen molar-refractivity contribution < 1.29 is 9.53 Å². The smallest absolute Gasteiger partial charge is 0.255 e. The number of carbonyl (C=O) groups is 1. The SMILES string of the molecule is CC(Nc1cccc(OCC(N)=O)c1)c1sccc1Br. The first kappa shape index (κ1) is 14.9. The van der Waals surface area contributed by atoms with E-state index in [0.717, 1.165) is 10.2 Å². The summed E-state index contributed by atoms with van der Waals surface area (Å²) in [6.07, 6.45) is 0. The van der Waals surface area contributed by atoms with E-state index in [1.807, 2.05) is 29.6 Å². The highest BCUT2D eigenvalue weighted by Crippen LogP contribution is 2.31. The Balaban J connectivity index is 2.04. The molecule has 4 nitrogen and oxygen atoms in total. The Labute approximate surface area is 130 Å². The van der Waals surface area contributed by atoms with Gasteiger partial charge in [0, 0.05) is 21.1 Å². The molecule has 0 spiro atoms. The first-order chi connectivity index (χ1) is 9.56. The second kappa shape index (κ2) is 6.76. The van der Waals surface area contributed by atoms with Crippen LogP contribution in [0.5, 0.6) is 5.75 Å². The molecule has 0 saturated heterocycles. The van der Waals surface area contributed by atoms with E-state index in [0.29, 0.717) is 5.75 Å². The van der Waals surface area contributed by atoms with Crippen molar-refractivity contribution in [1.29, 1.82) is 0 Å². The van der Waals surface area contributed by atoms with Gasteiger partial charge in [0.15, 0.2) is 6.61 Å². The molecule has 1 amide bonds. The van der Waals surface area contributed by atoms with E-state index in [1.165, 1.54) is 4.88 Å². The molecule has 1 unspecified atom stereocenters. The third kappa shape index (κ3) is 3.98. The number of thiophene rings is 1. The summed E-state index contributed by atoms with van der Waals surface area (Å²) in [5.41, 5.74) is 5.99. The van der Waals surface area contributed by atoms with E-state index in [2.05, 4.69) is 28.2 Å². The van der Waals surface area contributed by atoms with Crippen LogP contribution in [0, 0.1) is 0 Å². The molecule has 0 aliphatic rings. The molecule has 1 heterocycles. The minimum absolute atomic E-state index is 0.116. The number of hydrogen-bond donors (Lipinski definition) is 2. The lowest BCUT2D eigenvalue weighted by Gasteiger charge is -2.15. The van der Waals surface area contributed by atoms with Crippen molar-refractivity contribution in [2.75, 3.05) is 11.9 Å². The monoisotopic (exact) mass is 354 g/mol. The molecule has 0 fully saturated rings. The molecule has 0 bridgehead atoms. The molecule has 6 heteroatoms. The highest BCUT2D eigenvalue weighted by Gasteiger charge is 2.11. The van der Waals surface area contributed by atoms with Crippen LogP contribution in [0.3, 0.4) is 0 Å². The number of amides is 1. The molecule has 1 aromatic carbocycles. The second-order valence-corrected chi connectivity index (χ2v) is 6.08. The third-order valence-electron chi connectivity index (χ3n) is 2.64. The summed E-state index contributed by atoms with van der Waals surface area (Å²) < 4.78 is 6.38. The van der Waals surface area contributed by atoms with E-state index in [9.17, 15) is 4.79 Å². The lowest BCUT2D eigenvalue weighted by molar-refractivity contribution is -0.119. The summed E-state index contributed by atoms with van der Waals surface area (Å²) in [6, 6.07) is 9.67.